The van der Waals surface area contributed by atoms with Crippen molar-refractivity contribution in [1.29, 1.82) is 0 Å². The Bertz CT molecular complexity index is 1060. The number of benzene rings is 2. The van der Waals surface area contributed by atoms with Crippen molar-refractivity contribution in [1.82, 2.24) is 4.90 Å². The molecular formula is C24H27N3O4. The number of ether oxygens (including phenoxy) is 3. The Hall–Kier alpha value is -3.06. The first kappa shape index (κ1) is 19.9. The number of guanidine groups is 1. The third-order valence-electron chi connectivity index (χ3n) is 6.40. The van der Waals surface area contributed by atoms with Gasteiger partial charge < -0.3 is 19.9 Å². The first-order chi connectivity index (χ1) is 15.0. The predicted octanol–water partition coefficient (Wildman–Crippen LogP) is 3.07. The van der Waals surface area contributed by atoms with Crippen LogP contribution in [0.5, 0.6) is 11.5 Å². The number of carbonyl (C=O) groups excluding carboxylic acids is 1. The molecule has 0 saturated carbocycles. The molecule has 0 aliphatic carbocycles. The minimum Gasteiger partial charge on any atom is -0.494 e. The lowest BCUT2D eigenvalue weighted by Gasteiger charge is -2.46. The maximum Gasteiger partial charge on any atom is 0.261 e. The molecule has 3 aliphatic heterocycles. The van der Waals surface area contributed by atoms with E-state index in [1.807, 2.05) is 49.4 Å². The third-order valence-corrected chi connectivity index (χ3v) is 6.40. The Morgan fingerprint density at radius 3 is 2.77 bits per heavy atom. The highest BCUT2D eigenvalue weighted by molar-refractivity contribution is 6.07. The predicted molar refractivity (Wildman–Crippen MR) is 117 cm³/mol. The molecule has 2 unspecified atom stereocenters. The van der Waals surface area contributed by atoms with Crippen LogP contribution in [0.1, 0.15) is 31.7 Å². The minimum atomic E-state index is -1.10. The Balaban J connectivity index is 1.64. The Labute approximate surface area is 181 Å². The van der Waals surface area contributed by atoms with Crippen molar-refractivity contribution in [3.63, 3.8) is 0 Å². The van der Waals surface area contributed by atoms with Gasteiger partial charge in [0.25, 0.3) is 5.91 Å². The van der Waals surface area contributed by atoms with Gasteiger partial charge in [-0.1, -0.05) is 18.2 Å². The molecule has 1 amide bonds. The monoisotopic (exact) mass is 421 g/mol. The van der Waals surface area contributed by atoms with Gasteiger partial charge in [0.05, 0.1) is 13.2 Å². The van der Waals surface area contributed by atoms with Crippen LogP contribution < -0.4 is 15.2 Å². The van der Waals surface area contributed by atoms with Gasteiger partial charge in [0.2, 0.25) is 0 Å². The number of hydrogen-bond acceptors (Lipinski definition) is 6. The summed E-state index contributed by atoms with van der Waals surface area (Å²) in [5.41, 5.74) is 7.16. The van der Waals surface area contributed by atoms with Crippen LogP contribution in [0.15, 0.2) is 47.5 Å². The first-order valence-electron chi connectivity index (χ1n) is 10.7. The lowest BCUT2D eigenvalue weighted by Crippen LogP contribution is -2.55. The Morgan fingerprint density at radius 1 is 1.23 bits per heavy atom. The van der Waals surface area contributed by atoms with Crippen LogP contribution in [-0.4, -0.2) is 49.2 Å². The second-order valence-electron chi connectivity index (χ2n) is 8.48. The number of fused-ring (bicyclic) bond motifs is 2. The van der Waals surface area contributed by atoms with Crippen LogP contribution in [0.4, 0.5) is 0 Å². The summed E-state index contributed by atoms with van der Waals surface area (Å²) < 4.78 is 17.9. The van der Waals surface area contributed by atoms with E-state index in [1.165, 1.54) is 4.90 Å². The van der Waals surface area contributed by atoms with Gasteiger partial charge in [-0.15, -0.1) is 0 Å². The van der Waals surface area contributed by atoms with E-state index in [0.717, 1.165) is 35.3 Å². The summed E-state index contributed by atoms with van der Waals surface area (Å²) in [6, 6.07) is 13.9. The molecule has 3 aliphatic rings. The zero-order chi connectivity index (χ0) is 21.6. The van der Waals surface area contributed by atoms with Crippen LogP contribution in [0, 0.1) is 0 Å². The molecule has 0 bridgehead atoms. The van der Waals surface area contributed by atoms with Crippen molar-refractivity contribution in [2.24, 2.45) is 10.7 Å². The van der Waals surface area contributed by atoms with E-state index in [4.69, 9.17) is 24.9 Å². The van der Waals surface area contributed by atoms with Crippen molar-refractivity contribution in [3.8, 4) is 22.6 Å². The highest BCUT2D eigenvalue weighted by Crippen LogP contribution is 2.51. The minimum absolute atomic E-state index is 0.125. The van der Waals surface area contributed by atoms with E-state index < -0.39 is 11.1 Å². The Kier molecular flexibility index (Phi) is 4.66. The average Bonchev–Trinajstić information content (AvgIpc) is 2.98. The van der Waals surface area contributed by atoms with Gasteiger partial charge in [-0.25, -0.2) is 4.99 Å². The van der Waals surface area contributed by atoms with Crippen molar-refractivity contribution >= 4 is 11.9 Å². The summed E-state index contributed by atoms with van der Waals surface area (Å²) in [4.78, 5) is 19.6. The molecule has 2 spiro atoms. The van der Waals surface area contributed by atoms with Crippen molar-refractivity contribution in [3.05, 3.63) is 48.0 Å². The Morgan fingerprint density at radius 2 is 2.06 bits per heavy atom. The fourth-order valence-electron chi connectivity index (χ4n) is 4.92. The molecule has 2 N–H and O–H groups in total. The van der Waals surface area contributed by atoms with E-state index in [2.05, 4.69) is 0 Å². The molecule has 31 heavy (non-hydrogen) atoms. The largest absolute Gasteiger partial charge is 0.494 e. The van der Waals surface area contributed by atoms with Crippen LogP contribution in [0.25, 0.3) is 11.1 Å². The fraction of sp³-hybridized carbons (Fsp3) is 0.417. The number of nitrogens with two attached hydrogens (primary N) is 1. The van der Waals surface area contributed by atoms with E-state index in [1.54, 1.807) is 7.05 Å². The molecule has 3 heterocycles. The molecule has 2 aromatic carbocycles. The molecule has 1 saturated heterocycles. The lowest BCUT2D eigenvalue weighted by atomic mass is 9.74. The summed E-state index contributed by atoms with van der Waals surface area (Å²) in [6.45, 7) is 3.71. The number of rotatable bonds is 3. The van der Waals surface area contributed by atoms with Gasteiger partial charge in [-0.05, 0) is 55.2 Å². The zero-order valence-electron chi connectivity index (χ0n) is 17.9. The SMILES string of the molecule is CCOc1cccc(-c2ccc3c(c2)C2(CC4(CCCOC4)O3)N=C(N)N(C)C2=O)c1. The molecule has 1 fully saturated rings. The van der Waals surface area contributed by atoms with Gasteiger partial charge in [0.1, 0.15) is 17.1 Å². The molecule has 7 heteroatoms. The zero-order valence-corrected chi connectivity index (χ0v) is 17.9. The van der Waals surface area contributed by atoms with Gasteiger partial charge in [-0.2, -0.15) is 0 Å². The molecule has 7 nitrogen and oxygen atoms in total. The molecule has 162 valence electrons. The highest BCUT2D eigenvalue weighted by Gasteiger charge is 2.58. The highest BCUT2D eigenvalue weighted by atomic mass is 16.5. The van der Waals surface area contributed by atoms with Crippen LogP contribution in [0.3, 0.4) is 0 Å². The van der Waals surface area contributed by atoms with Crippen LogP contribution in [0.2, 0.25) is 0 Å². The van der Waals surface area contributed by atoms with Gasteiger partial charge in [0.15, 0.2) is 11.5 Å². The first-order valence-corrected chi connectivity index (χ1v) is 10.7. The van der Waals surface area contributed by atoms with Crippen molar-refractivity contribution in [2.45, 2.75) is 37.3 Å². The van der Waals surface area contributed by atoms with E-state index in [0.29, 0.717) is 32.0 Å². The number of aliphatic imine (C=N–C) groups is 1. The maximum absolute atomic E-state index is 13.5. The number of carbonyl (C=O) groups is 1. The van der Waals surface area contributed by atoms with Crippen LogP contribution in [-0.2, 0) is 15.1 Å². The second-order valence-corrected chi connectivity index (χ2v) is 8.48. The summed E-state index contributed by atoms with van der Waals surface area (Å²) >= 11 is 0. The van der Waals surface area contributed by atoms with Gasteiger partial charge >= 0.3 is 0 Å². The second kappa shape index (κ2) is 7.27. The topological polar surface area (TPSA) is 86.4 Å². The van der Waals surface area contributed by atoms with E-state index in [-0.39, 0.29) is 11.9 Å². The van der Waals surface area contributed by atoms with Crippen LogP contribution >= 0.6 is 0 Å². The van der Waals surface area contributed by atoms with Gasteiger partial charge in [0, 0.05) is 25.6 Å². The van der Waals surface area contributed by atoms with Gasteiger partial charge in [-0.3, -0.25) is 9.69 Å². The van der Waals surface area contributed by atoms with Crippen molar-refractivity contribution in [2.75, 3.05) is 26.9 Å². The standard InChI is InChI=1S/C24H27N3O4/c1-3-30-18-7-4-6-16(12-18)17-8-9-20-19(13-17)24(21(28)27(2)22(25)26-24)14-23(31-20)10-5-11-29-15-23/h4,6-9,12-13H,3,5,10-11,14-15H2,1-2H3,(H2,25,26). The number of hydrogen-bond donors (Lipinski definition) is 1. The maximum atomic E-state index is 13.5. The third kappa shape index (κ3) is 3.15. The lowest BCUT2D eigenvalue weighted by molar-refractivity contribution is -0.139. The summed E-state index contributed by atoms with van der Waals surface area (Å²) in [5.74, 6) is 1.58. The molecule has 2 aromatic rings. The van der Waals surface area contributed by atoms with E-state index in [9.17, 15) is 4.79 Å². The quantitative estimate of drug-likeness (QED) is 0.823. The smallest absolute Gasteiger partial charge is 0.261 e. The molecule has 2 atom stereocenters. The molecular weight excluding hydrogens is 394 g/mol. The number of amides is 1. The summed E-state index contributed by atoms with van der Waals surface area (Å²) in [6.07, 6.45) is 2.12. The van der Waals surface area contributed by atoms with E-state index >= 15 is 0 Å². The van der Waals surface area contributed by atoms with Crippen molar-refractivity contribution < 1.29 is 19.0 Å². The fourth-order valence-corrected chi connectivity index (χ4v) is 4.92. The molecule has 0 aromatic heterocycles. The molecule has 0 radical (unpaired) electrons. The summed E-state index contributed by atoms with van der Waals surface area (Å²) in [7, 11) is 1.67. The average molecular weight is 421 g/mol. The summed E-state index contributed by atoms with van der Waals surface area (Å²) in [5, 5.41) is 0. The molecule has 5 rings (SSSR count). The number of nitrogens with zero attached hydrogens (tertiary/aromatic N) is 2. The normalized spacial score (nSPS) is 27.2. The number of likely N-dealkylation sites (N-methyl/N-ethyl adjacent to an activating group) is 1.